The Morgan fingerprint density at radius 3 is 2.03 bits per heavy atom. The summed E-state index contributed by atoms with van der Waals surface area (Å²) in [6, 6.07) is 14.9. The Morgan fingerprint density at radius 1 is 0.966 bits per heavy atom. The third-order valence-corrected chi connectivity index (χ3v) is 6.51. The van der Waals surface area contributed by atoms with E-state index < -0.39 is 27.4 Å². The lowest BCUT2D eigenvalue weighted by atomic mass is 10.1. The number of hydrogen-bond donors (Lipinski definition) is 0. The van der Waals surface area contributed by atoms with Crippen LogP contribution >= 0.6 is 0 Å². The van der Waals surface area contributed by atoms with Gasteiger partial charge in [-0.3, -0.25) is 9.59 Å². The maximum Gasteiger partial charge on any atom is 0.327 e. The monoisotopic (exact) mass is 415 g/mol. The Hall–Kier alpha value is -3.13. The minimum atomic E-state index is -3.99. The van der Waals surface area contributed by atoms with Crippen molar-refractivity contribution in [3.63, 3.8) is 0 Å². The van der Waals surface area contributed by atoms with Gasteiger partial charge in [0, 0.05) is 12.6 Å². The number of hydrogen-bond acceptors (Lipinski definition) is 6. The molecule has 1 saturated carbocycles. The van der Waals surface area contributed by atoms with E-state index in [1.165, 1.54) is 32.6 Å². The van der Waals surface area contributed by atoms with Gasteiger partial charge < -0.3 is 9.47 Å². The summed E-state index contributed by atoms with van der Waals surface area (Å²) in [5.74, 6) is -1.56. The molecule has 0 bridgehead atoms. The van der Waals surface area contributed by atoms with Gasteiger partial charge in [-0.2, -0.15) is 0 Å². The first kappa shape index (κ1) is 20.6. The highest BCUT2D eigenvalue weighted by Crippen LogP contribution is 2.54. The summed E-state index contributed by atoms with van der Waals surface area (Å²) in [5, 5.41) is 0. The molecule has 3 rings (SSSR count). The molecule has 1 fully saturated rings. The summed E-state index contributed by atoms with van der Waals surface area (Å²) >= 11 is 0. The Kier molecular flexibility index (Phi) is 5.48. The molecule has 2 aromatic carbocycles. The Bertz CT molecular complexity index is 1040. The van der Waals surface area contributed by atoms with Crippen LogP contribution in [0.4, 0.5) is 5.69 Å². The van der Waals surface area contributed by atoms with E-state index >= 15 is 0 Å². The van der Waals surface area contributed by atoms with Gasteiger partial charge in [0.25, 0.3) is 10.0 Å². The molecule has 0 radical (unpaired) electrons. The fourth-order valence-electron chi connectivity index (χ4n) is 3.06. The zero-order valence-electron chi connectivity index (χ0n) is 16.3. The topological polar surface area (TPSA) is 90.0 Å². The van der Waals surface area contributed by atoms with E-state index in [4.69, 9.17) is 9.47 Å². The molecule has 0 amide bonds. The maximum atomic E-state index is 13.3. The number of para-hydroxylation sites is 1. The van der Waals surface area contributed by atoms with Gasteiger partial charge in [-0.1, -0.05) is 35.9 Å². The summed E-state index contributed by atoms with van der Waals surface area (Å²) in [7, 11) is -1.65. The van der Waals surface area contributed by atoms with Gasteiger partial charge in [-0.05, 0) is 36.8 Å². The molecule has 0 aliphatic heterocycles. The van der Waals surface area contributed by atoms with Crippen molar-refractivity contribution in [1.82, 2.24) is 0 Å². The van der Waals surface area contributed by atoms with Crippen LogP contribution in [-0.4, -0.2) is 34.6 Å². The molecule has 0 saturated heterocycles. The summed E-state index contributed by atoms with van der Waals surface area (Å²) in [4.78, 5) is 24.6. The quantitative estimate of drug-likeness (QED) is 0.532. The van der Waals surface area contributed by atoms with E-state index in [9.17, 15) is 18.0 Å². The van der Waals surface area contributed by atoms with Gasteiger partial charge in [0.15, 0.2) is 5.41 Å². The number of esters is 2. The van der Waals surface area contributed by atoms with Crippen LogP contribution in [0.25, 0.3) is 0 Å². The Balaban J connectivity index is 2.11. The second-order valence-corrected chi connectivity index (χ2v) is 8.48. The number of sulfonamides is 1. The number of aryl methyl sites for hydroxylation is 1. The number of carbonyl (C=O) groups excluding carboxylic acids is 2. The van der Waals surface area contributed by atoms with Gasteiger partial charge in [-0.25, -0.2) is 12.7 Å². The lowest BCUT2D eigenvalue weighted by Crippen LogP contribution is -2.30. The smallest absolute Gasteiger partial charge is 0.327 e. The molecule has 0 atom stereocenters. The number of rotatable bonds is 6. The zero-order chi connectivity index (χ0) is 21.2. The number of ether oxygens (including phenoxy) is 2. The van der Waals surface area contributed by atoms with E-state index in [0.29, 0.717) is 11.3 Å². The van der Waals surface area contributed by atoms with Crippen molar-refractivity contribution in [3.8, 4) is 0 Å². The second kappa shape index (κ2) is 7.71. The first-order valence-electron chi connectivity index (χ1n) is 8.81. The summed E-state index contributed by atoms with van der Waals surface area (Å²) in [5.41, 5.74) is -0.0164. The van der Waals surface area contributed by atoms with E-state index in [0.717, 1.165) is 9.87 Å². The molecule has 0 spiro atoms. The lowest BCUT2D eigenvalue weighted by Gasteiger charge is -2.21. The van der Waals surface area contributed by atoms with Crippen molar-refractivity contribution in [3.05, 3.63) is 71.9 Å². The lowest BCUT2D eigenvalue weighted by molar-refractivity contribution is -0.160. The van der Waals surface area contributed by atoms with Crippen molar-refractivity contribution >= 4 is 27.6 Å². The predicted molar refractivity (Wildman–Crippen MR) is 106 cm³/mol. The molecule has 0 unspecified atom stereocenters. The molecule has 152 valence electrons. The predicted octanol–water partition coefficient (Wildman–Crippen LogP) is 2.81. The minimum absolute atomic E-state index is 0.0269. The molecule has 7 nitrogen and oxygen atoms in total. The summed E-state index contributed by atoms with van der Waals surface area (Å²) in [6.07, 6.45) is 1.33. The molecule has 29 heavy (non-hydrogen) atoms. The molecule has 0 N–H and O–H groups in total. The van der Waals surface area contributed by atoms with Crippen LogP contribution in [-0.2, 0) is 29.1 Å². The first-order valence-corrected chi connectivity index (χ1v) is 10.3. The minimum Gasteiger partial charge on any atom is -0.468 e. The van der Waals surface area contributed by atoms with Gasteiger partial charge in [-0.15, -0.1) is 0 Å². The van der Waals surface area contributed by atoms with Crippen molar-refractivity contribution in [2.75, 3.05) is 18.5 Å². The molecule has 1 aliphatic carbocycles. The normalized spacial score (nSPS) is 16.2. The molecule has 2 aromatic rings. The largest absolute Gasteiger partial charge is 0.468 e. The number of benzene rings is 2. The zero-order valence-corrected chi connectivity index (χ0v) is 17.1. The average Bonchev–Trinajstić information content (AvgIpc) is 3.47. The van der Waals surface area contributed by atoms with Crippen LogP contribution in [0.5, 0.6) is 0 Å². The van der Waals surface area contributed by atoms with Crippen molar-refractivity contribution in [2.45, 2.75) is 18.2 Å². The Morgan fingerprint density at radius 2 is 1.52 bits per heavy atom. The SMILES string of the molecule is COC(=O)C1(C(=O)OC)C/C1=C\N(c1ccccc1)S(=O)(=O)c1ccc(C)cc1. The van der Waals surface area contributed by atoms with Crippen molar-refractivity contribution < 1.29 is 27.5 Å². The van der Waals surface area contributed by atoms with E-state index in [1.807, 2.05) is 6.92 Å². The van der Waals surface area contributed by atoms with E-state index in [1.54, 1.807) is 42.5 Å². The van der Waals surface area contributed by atoms with Crippen LogP contribution in [0, 0.1) is 12.3 Å². The van der Waals surface area contributed by atoms with Gasteiger partial charge in [0.05, 0.1) is 24.8 Å². The van der Waals surface area contributed by atoms with E-state index in [2.05, 4.69) is 0 Å². The van der Waals surface area contributed by atoms with Gasteiger partial charge in [0.1, 0.15) is 0 Å². The van der Waals surface area contributed by atoms with Crippen molar-refractivity contribution in [1.29, 1.82) is 0 Å². The number of carbonyl (C=O) groups is 2. The molecular formula is C21H21NO6S. The fourth-order valence-corrected chi connectivity index (χ4v) is 4.43. The molecular weight excluding hydrogens is 394 g/mol. The van der Waals surface area contributed by atoms with E-state index in [-0.39, 0.29) is 11.3 Å². The number of anilines is 1. The third kappa shape index (κ3) is 3.63. The summed E-state index contributed by atoms with van der Waals surface area (Å²) < 4.78 is 37.3. The van der Waals surface area contributed by atoms with Crippen LogP contribution in [0.1, 0.15) is 12.0 Å². The van der Waals surface area contributed by atoms with Gasteiger partial charge >= 0.3 is 11.9 Å². The molecule has 0 aromatic heterocycles. The highest BCUT2D eigenvalue weighted by atomic mass is 32.2. The first-order chi connectivity index (χ1) is 13.8. The van der Waals surface area contributed by atoms with Crippen molar-refractivity contribution in [2.24, 2.45) is 5.41 Å². The third-order valence-electron chi connectivity index (χ3n) is 4.81. The van der Waals surface area contributed by atoms with Crippen LogP contribution in [0.3, 0.4) is 0 Å². The standard InChI is InChI=1S/C21H21NO6S/c1-15-9-11-18(12-10-15)29(25,26)22(17-7-5-4-6-8-17)14-16-13-21(16,19(23)27-2)20(24)28-3/h4-12,14H,13H2,1-3H3/b16-14+. The highest BCUT2D eigenvalue weighted by Gasteiger charge is 2.64. The fraction of sp³-hybridized carbons (Fsp3) is 0.238. The van der Waals surface area contributed by atoms with Gasteiger partial charge in [0.2, 0.25) is 0 Å². The number of methoxy groups -OCH3 is 2. The number of nitrogens with zero attached hydrogens (tertiary/aromatic N) is 1. The Labute approximate surface area is 169 Å². The molecule has 8 heteroatoms. The highest BCUT2D eigenvalue weighted by molar-refractivity contribution is 7.93. The maximum absolute atomic E-state index is 13.3. The van der Waals surface area contributed by atoms with Crippen LogP contribution in [0.15, 0.2) is 71.3 Å². The molecule has 0 heterocycles. The average molecular weight is 415 g/mol. The second-order valence-electron chi connectivity index (χ2n) is 6.67. The van der Waals surface area contributed by atoms with Crippen LogP contribution in [0.2, 0.25) is 0 Å². The molecule has 1 aliphatic rings. The van der Waals surface area contributed by atoms with Crippen LogP contribution < -0.4 is 4.31 Å². The summed E-state index contributed by atoms with van der Waals surface area (Å²) in [6.45, 7) is 1.86.